The van der Waals surface area contributed by atoms with E-state index in [0.29, 0.717) is 11.7 Å². The van der Waals surface area contributed by atoms with Crippen molar-refractivity contribution in [2.24, 2.45) is 7.05 Å². The number of carbonyl (C=O) groups is 1. The molecule has 5 nitrogen and oxygen atoms in total. The van der Waals surface area contributed by atoms with Gasteiger partial charge in [-0.15, -0.1) is 0 Å². The van der Waals surface area contributed by atoms with Crippen LogP contribution in [0.1, 0.15) is 38.1 Å². The largest absolute Gasteiger partial charge is 0.459 e. The Labute approximate surface area is 141 Å². The van der Waals surface area contributed by atoms with Crippen molar-refractivity contribution in [1.29, 1.82) is 0 Å². The third kappa shape index (κ3) is 4.81. The normalized spacial score (nSPS) is 12.9. The topological polar surface area (TPSA) is 56.2 Å². The molecule has 1 aromatic heterocycles. The van der Waals surface area contributed by atoms with Crippen molar-refractivity contribution in [1.82, 2.24) is 14.9 Å². The number of esters is 1. The highest BCUT2D eigenvalue weighted by molar-refractivity contribution is 6.30. The number of carbonyl (C=O) groups excluding carboxylic acids is 1. The molecule has 1 atom stereocenters. The van der Waals surface area contributed by atoms with E-state index >= 15 is 0 Å². The molecule has 2 aromatic rings. The zero-order valence-electron chi connectivity index (χ0n) is 13.8. The van der Waals surface area contributed by atoms with Gasteiger partial charge in [-0.2, -0.15) is 0 Å². The van der Waals surface area contributed by atoms with Crippen molar-refractivity contribution in [3.8, 4) is 0 Å². The monoisotopic (exact) mass is 335 g/mol. The first kappa shape index (κ1) is 17.5. The van der Waals surface area contributed by atoms with Crippen LogP contribution in [0.25, 0.3) is 0 Å². The van der Waals surface area contributed by atoms with Crippen LogP contribution in [0, 0.1) is 0 Å². The lowest BCUT2D eigenvalue weighted by atomic mass is 10.1. The van der Waals surface area contributed by atoms with Crippen molar-refractivity contribution in [3.63, 3.8) is 0 Å². The predicted molar refractivity (Wildman–Crippen MR) is 90.1 cm³/mol. The number of hydrogen-bond acceptors (Lipinski definition) is 4. The minimum atomic E-state index is -0.568. The summed E-state index contributed by atoms with van der Waals surface area (Å²) in [5, 5.41) is 3.65. The Morgan fingerprint density at radius 3 is 2.52 bits per heavy atom. The number of aryl methyl sites for hydroxylation is 1. The number of benzene rings is 1. The predicted octanol–water partition coefficient (Wildman–Crippen LogP) is 3.25. The van der Waals surface area contributed by atoms with Gasteiger partial charge in [0.15, 0.2) is 5.15 Å². The molecule has 1 aromatic carbocycles. The lowest BCUT2D eigenvalue weighted by Gasteiger charge is -2.25. The molecule has 0 saturated heterocycles. The molecule has 1 N–H and O–H groups in total. The zero-order valence-corrected chi connectivity index (χ0v) is 14.6. The molecule has 0 fully saturated rings. The maximum Gasteiger partial charge on any atom is 0.328 e. The van der Waals surface area contributed by atoms with E-state index in [1.165, 1.54) is 0 Å². The average molecular weight is 336 g/mol. The fraction of sp³-hybridized carbons (Fsp3) is 0.412. The fourth-order valence-electron chi connectivity index (χ4n) is 2.17. The maximum absolute atomic E-state index is 12.5. The smallest absolute Gasteiger partial charge is 0.328 e. The molecule has 0 aliphatic carbocycles. The molecule has 0 aliphatic heterocycles. The van der Waals surface area contributed by atoms with Crippen molar-refractivity contribution in [2.45, 2.75) is 39.0 Å². The molecule has 23 heavy (non-hydrogen) atoms. The van der Waals surface area contributed by atoms with Gasteiger partial charge in [-0.25, -0.2) is 9.78 Å². The first-order valence-electron chi connectivity index (χ1n) is 7.45. The Kier molecular flexibility index (Phi) is 5.44. The van der Waals surface area contributed by atoms with Gasteiger partial charge in [-0.05, 0) is 26.3 Å². The standard InChI is InChI=1S/C17H22ClN3O2/c1-17(2,3)23-16(22)14(12-8-6-5-7-9-12)19-10-13-15(18)20-11-21(13)4/h5-9,11,14,19H,10H2,1-4H3. The molecular formula is C17H22ClN3O2. The van der Waals surface area contributed by atoms with Crippen molar-refractivity contribution in [2.75, 3.05) is 0 Å². The lowest BCUT2D eigenvalue weighted by Crippen LogP contribution is -2.35. The van der Waals surface area contributed by atoms with Gasteiger partial charge < -0.3 is 9.30 Å². The summed E-state index contributed by atoms with van der Waals surface area (Å²) in [6.45, 7) is 5.97. The highest BCUT2D eigenvalue weighted by atomic mass is 35.5. The number of nitrogens with zero attached hydrogens (tertiary/aromatic N) is 2. The van der Waals surface area contributed by atoms with Crippen LogP contribution < -0.4 is 5.32 Å². The molecule has 0 spiro atoms. The van der Waals surface area contributed by atoms with Gasteiger partial charge in [-0.1, -0.05) is 41.9 Å². The van der Waals surface area contributed by atoms with E-state index < -0.39 is 11.6 Å². The second-order valence-corrected chi connectivity index (χ2v) is 6.71. The summed E-state index contributed by atoms with van der Waals surface area (Å²) in [7, 11) is 1.86. The summed E-state index contributed by atoms with van der Waals surface area (Å²) in [6, 6.07) is 8.92. The molecule has 0 radical (unpaired) electrons. The number of ether oxygens (including phenoxy) is 1. The molecule has 124 valence electrons. The van der Waals surface area contributed by atoms with Gasteiger partial charge in [0.05, 0.1) is 12.0 Å². The summed E-state index contributed by atoms with van der Waals surface area (Å²) >= 11 is 6.07. The van der Waals surface area contributed by atoms with E-state index in [-0.39, 0.29) is 5.97 Å². The summed E-state index contributed by atoms with van der Waals surface area (Å²) < 4.78 is 7.35. The van der Waals surface area contributed by atoms with Gasteiger partial charge in [0.1, 0.15) is 11.6 Å². The van der Waals surface area contributed by atoms with Crippen molar-refractivity contribution >= 4 is 17.6 Å². The quantitative estimate of drug-likeness (QED) is 0.852. The summed E-state index contributed by atoms with van der Waals surface area (Å²) in [6.07, 6.45) is 1.64. The third-order valence-corrected chi connectivity index (χ3v) is 3.57. The third-order valence-electron chi connectivity index (χ3n) is 3.26. The summed E-state index contributed by atoms with van der Waals surface area (Å²) in [5.41, 5.74) is 1.12. The molecule has 1 heterocycles. The Balaban J connectivity index is 2.19. The van der Waals surface area contributed by atoms with Gasteiger partial charge in [0.25, 0.3) is 0 Å². The molecule has 0 bridgehead atoms. The maximum atomic E-state index is 12.5. The minimum absolute atomic E-state index is 0.318. The van der Waals surface area contributed by atoms with E-state index in [1.807, 2.05) is 62.7 Å². The first-order chi connectivity index (χ1) is 10.8. The number of halogens is 1. The Hall–Kier alpha value is -1.85. The van der Waals surface area contributed by atoms with Crippen LogP contribution in [0.2, 0.25) is 5.15 Å². The van der Waals surface area contributed by atoms with Crippen LogP contribution >= 0.6 is 11.6 Å². The second-order valence-electron chi connectivity index (χ2n) is 6.35. The first-order valence-corrected chi connectivity index (χ1v) is 7.82. The number of nitrogens with one attached hydrogen (secondary N) is 1. The highest BCUT2D eigenvalue weighted by Crippen LogP contribution is 2.20. The Bertz CT molecular complexity index is 643. The number of rotatable bonds is 5. The van der Waals surface area contributed by atoms with Crippen LogP contribution in [-0.2, 0) is 23.1 Å². The number of aromatic nitrogens is 2. The average Bonchev–Trinajstić information content (AvgIpc) is 2.78. The molecule has 2 rings (SSSR count). The Morgan fingerprint density at radius 1 is 1.35 bits per heavy atom. The van der Waals surface area contributed by atoms with E-state index in [2.05, 4.69) is 10.3 Å². The van der Waals surface area contributed by atoms with Gasteiger partial charge >= 0.3 is 5.97 Å². The zero-order chi connectivity index (χ0) is 17.0. The fourth-order valence-corrected chi connectivity index (χ4v) is 2.41. The van der Waals surface area contributed by atoms with Crippen LogP contribution in [0.15, 0.2) is 36.7 Å². The molecule has 0 amide bonds. The lowest BCUT2D eigenvalue weighted by molar-refractivity contribution is -0.157. The van der Waals surface area contributed by atoms with E-state index in [1.54, 1.807) is 6.33 Å². The molecular weight excluding hydrogens is 314 g/mol. The Morgan fingerprint density at radius 2 is 2.00 bits per heavy atom. The number of hydrogen-bond donors (Lipinski definition) is 1. The van der Waals surface area contributed by atoms with Gasteiger partial charge in [-0.3, -0.25) is 5.32 Å². The number of imidazole rings is 1. The summed E-state index contributed by atoms with van der Waals surface area (Å²) in [5.74, 6) is -0.318. The molecule has 0 saturated carbocycles. The summed E-state index contributed by atoms with van der Waals surface area (Å²) in [4.78, 5) is 16.6. The van der Waals surface area contributed by atoms with E-state index in [9.17, 15) is 4.79 Å². The van der Waals surface area contributed by atoms with Crippen LogP contribution in [0.3, 0.4) is 0 Å². The van der Waals surface area contributed by atoms with E-state index in [0.717, 1.165) is 11.3 Å². The van der Waals surface area contributed by atoms with E-state index in [4.69, 9.17) is 16.3 Å². The molecule has 1 unspecified atom stereocenters. The van der Waals surface area contributed by atoms with Gasteiger partial charge in [0.2, 0.25) is 0 Å². The minimum Gasteiger partial charge on any atom is -0.459 e. The highest BCUT2D eigenvalue weighted by Gasteiger charge is 2.26. The van der Waals surface area contributed by atoms with Crippen LogP contribution in [0.5, 0.6) is 0 Å². The SMILES string of the molecule is Cn1cnc(Cl)c1CNC(C(=O)OC(C)(C)C)c1ccccc1. The molecule has 6 heteroatoms. The second kappa shape index (κ2) is 7.15. The van der Waals surface area contributed by atoms with Crippen molar-refractivity contribution < 1.29 is 9.53 Å². The van der Waals surface area contributed by atoms with Crippen LogP contribution in [0.4, 0.5) is 0 Å². The molecule has 0 aliphatic rings. The van der Waals surface area contributed by atoms with Crippen LogP contribution in [-0.4, -0.2) is 21.1 Å². The van der Waals surface area contributed by atoms with Gasteiger partial charge in [0, 0.05) is 13.6 Å². The van der Waals surface area contributed by atoms with Crippen molar-refractivity contribution in [3.05, 3.63) is 53.1 Å².